The van der Waals surface area contributed by atoms with E-state index >= 15 is 0 Å². The summed E-state index contributed by atoms with van der Waals surface area (Å²) in [5.74, 6) is 0.764. The van der Waals surface area contributed by atoms with Crippen LogP contribution in [0.1, 0.15) is 28.8 Å². The fourth-order valence-electron chi connectivity index (χ4n) is 3.55. The molecule has 0 spiro atoms. The van der Waals surface area contributed by atoms with E-state index in [2.05, 4.69) is 5.32 Å². The van der Waals surface area contributed by atoms with Gasteiger partial charge < -0.3 is 10.1 Å². The Morgan fingerprint density at radius 1 is 0.935 bits per heavy atom. The summed E-state index contributed by atoms with van der Waals surface area (Å²) in [5.41, 5.74) is 1.51. The van der Waals surface area contributed by atoms with Crippen molar-refractivity contribution in [2.45, 2.75) is 24.7 Å². The lowest BCUT2D eigenvalue weighted by atomic mass is 10.1. The first-order valence-electron chi connectivity index (χ1n) is 10.2. The van der Waals surface area contributed by atoms with E-state index in [0.717, 1.165) is 12.8 Å². The number of para-hydroxylation sites is 3. The molecule has 0 saturated carbocycles. The van der Waals surface area contributed by atoms with Crippen LogP contribution in [0, 0.1) is 6.92 Å². The van der Waals surface area contributed by atoms with Crippen molar-refractivity contribution in [3.8, 4) is 11.5 Å². The van der Waals surface area contributed by atoms with Crippen molar-refractivity contribution in [1.29, 1.82) is 0 Å². The molecule has 4 rings (SSSR count). The Kier molecular flexibility index (Phi) is 6.06. The van der Waals surface area contributed by atoms with Gasteiger partial charge in [-0.05, 0) is 61.7 Å². The van der Waals surface area contributed by atoms with Gasteiger partial charge in [-0.3, -0.25) is 4.79 Å². The van der Waals surface area contributed by atoms with Crippen molar-refractivity contribution in [3.05, 3.63) is 83.9 Å². The van der Waals surface area contributed by atoms with E-state index in [9.17, 15) is 13.2 Å². The highest BCUT2D eigenvalue weighted by Gasteiger charge is 2.28. The number of nitrogens with one attached hydrogen (secondary N) is 1. The molecule has 1 aliphatic heterocycles. The summed E-state index contributed by atoms with van der Waals surface area (Å²) in [6.07, 6.45) is 1.72. The lowest BCUT2D eigenvalue weighted by Gasteiger charge is -2.17. The van der Waals surface area contributed by atoms with Crippen molar-refractivity contribution >= 4 is 21.6 Å². The molecule has 0 radical (unpaired) electrons. The molecular formula is C24H24N2O4S. The number of rotatable bonds is 6. The fraction of sp³-hybridized carbons (Fsp3) is 0.208. The second-order valence-electron chi connectivity index (χ2n) is 7.45. The van der Waals surface area contributed by atoms with Gasteiger partial charge >= 0.3 is 0 Å². The number of ether oxygens (including phenoxy) is 1. The maximum Gasteiger partial charge on any atom is 0.256 e. The summed E-state index contributed by atoms with van der Waals surface area (Å²) in [6, 6.07) is 21.1. The fourth-order valence-corrected chi connectivity index (χ4v) is 5.09. The first-order valence-corrected chi connectivity index (χ1v) is 11.6. The molecule has 31 heavy (non-hydrogen) atoms. The molecule has 7 heteroatoms. The zero-order chi connectivity index (χ0) is 21.8. The number of carbonyl (C=O) groups is 1. The molecule has 3 aromatic rings. The van der Waals surface area contributed by atoms with Crippen LogP contribution in [0.3, 0.4) is 0 Å². The zero-order valence-corrected chi connectivity index (χ0v) is 18.1. The lowest BCUT2D eigenvalue weighted by Crippen LogP contribution is -2.28. The maximum atomic E-state index is 13.1. The van der Waals surface area contributed by atoms with Gasteiger partial charge in [0.15, 0.2) is 5.75 Å². The SMILES string of the molecule is Cc1ccc(S(=O)(=O)N2CCCC2)cc1C(=O)Nc1ccccc1Oc1ccccc1. The van der Waals surface area contributed by atoms with Crippen molar-refractivity contribution in [2.24, 2.45) is 0 Å². The van der Waals surface area contributed by atoms with E-state index in [-0.39, 0.29) is 10.8 Å². The summed E-state index contributed by atoms with van der Waals surface area (Å²) in [4.78, 5) is 13.2. The van der Waals surface area contributed by atoms with Crippen LogP contribution in [-0.2, 0) is 10.0 Å². The molecule has 1 fully saturated rings. The summed E-state index contributed by atoms with van der Waals surface area (Å²) in [7, 11) is -3.60. The zero-order valence-electron chi connectivity index (χ0n) is 17.2. The first kappa shape index (κ1) is 21.1. The number of amides is 1. The van der Waals surface area contributed by atoms with Crippen LogP contribution in [0.5, 0.6) is 11.5 Å². The van der Waals surface area contributed by atoms with Gasteiger partial charge in [0, 0.05) is 18.7 Å². The Bertz CT molecular complexity index is 1190. The highest BCUT2D eigenvalue weighted by atomic mass is 32.2. The Labute approximate surface area is 182 Å². The molecule has 1 aliphatic rings. The minimum Gasteiger partial charge on any atom is -0.455 e. The third kappa shape index (κ3) is 4.62. The van der Waals surface area contributed by atoms with E-state index < -0.39 is 10.0 Å². The van der Waals surface area contributed by atoms with Crippen LogP contribution >= 0.6 is 0 Å². The average molecular weight is 437 g/mol. The quantitative estimate of drug-likeness (QED) is 0.601. The summed E-state index contributed by atoms with van der Waals surface area (Å²) in [6.45, 7) is 2.82. The molecule has 0 bridgehead atoms. The third-order valence-corrected chi connectivity index (χ3v) is 7.16. The van der Waals surface area contributed by atoms with E-state index in [1.165, 1.54) is 10.4 Å². The molecule has 160 valence electrons. The van der Waals surface area contributed by atoms with Crippen LogP contribution in [0.4, 0.5) is 5.69 Å². The van der Waals surface area contributed by atoms with Gasteiger partial charge in [-0.25, -0.2) is 8.42 Å². The number of sulfonamides is 1. The minimum absolute atomic E-state index is 0.138. The molecule has 6 nitrogen and oxygen atoms in total. The second-order valence-corrected chi connectivity index (χ2v) is 9.39. The number of hydrogen-bond donors (Lipinski definition) is 1. The molecule has 1 N–H and O–H groups in total. The normalized spacial score (nSPS) is 14.4. The topological polar surface area (TPSA) is 75.7 Å². The van der Waals surface area contributed by atoms with Crippen LogP contribution in [-0.4, -0.2) is 31.7 Å². The van der Waals surface area contributed by atoms with E-state index in [4.69, 9.17) is 4.74 Å². The summed E-state index contributed by atoms with van der Waals surface area (Å²) in [5, 5.41) is 2.86. The molecule has 0 aliphatic carbocycles. The molecular weight excluding hydrogens is 412 g/mol. The first-order chi connectivity index (χ1) is 14.9. The third-order valence-electron chi connectivity index (χ3n) is 5.26. The molecule has 0 atom stereocenters. The van der Waals surface area contributed by atoms with Gasteiger partial charge in [-0.15, -0.1) is 0 Å². The van der Waals surface area contributed by atoms with Crippen LogP contribution in [0.25, 0.3) is 0 Å². The Morgan fingerprint density at radius 3 is 2.35 bits per heavy atom. The van der Waals surface area contributed by atoms with Crippen molar-refractivity contribution in [3.63, 3.8) is 0 Å². The number of hydrogen-bond acceptors (Lipinski definition) is 4. The molecule has 1 heterocycles. The van der Waals surface area contributed by atoms with Crippen LogP contribution in [0.2, 0.25) is 0 Å². The molecule has 1 saturated heterocycles. The predicted octanol–water partition coefficient (Wildman–Crippen LogP) is 4.82. The Morgan fingerprint density at radius 2 is 1.61 bits per heavy atom. The predicted molar refractivity (Wildman–Crippen MR) is 120 cm³/mol. The number of nitrogens with zero attached hydrogens (tertiary/aromatic N) is 1. The Balaban J connectivity index is 1.60. The molecule has 0 unspecified atom stereocenters. The molecule has 3 aromatic carbocycles. The van der Waals surface area contributed by atoms with Gasteiger partial charge in [0.1, 0.15) is 5.75 Å². The molecule has 0 aromatic heterocycles. The largest absolute Gasteiger partial charge is 0.455 e. The number of carbonyl (C=O) groups excluding carboxylic acids is 1. The van der Waals surface area contributed by atoms with Crippen molar-refractivity contribution in [2.75, 3.05) is 18.4 Å². The van der Waals surface area contributed by atoms with Gasteiger partial charge in [0.2, 0.25) is 10.0 Å². The highest BCUT2D eigenvalue weighted by molar-refractivity contribution is 7.89. The minimum atomic E-state index is -3.60. The standard InChI is InChI=1S/C24H24N2O4S/c1-18-13-14-20(31(28,29)26-15-7-8-16-26)17-21(18)24(27)25-22-11-5-6-12-23(22)30-19-9-3-2-4-10-19/h2-6,9-14,17H,7-8,15-16H2,1H3,(H,25,27). The average Bonchev–Trinajstić information content (AvgIpc) is 3.32. The van der Waals surface area contributed by atoms with Gasteiger partial charge in [0.25, 0.3) is 5.91 Å². The van der Waals surface area contributed by atoms with Gasteiger partial charge in [-0.1, -0.05) is 36.4 Å². The lowest BCUT2D eigenvalue weighted by molar-refractivity contribution is 0.102. The van der Waals surface area contributed by atoms with Crippen molar-refractivity contribution < 1.29 is 17.9 Å². The second kappa shape index (κ2) is 8.91. The highest BCUT2D eigenvalue weighted by Crippen LogP contribution is 2.30. The summed E-state index contributed by atoms with van der Waals surface area (Å²) >= 11 is 0. The maximum absolute atomic E-state index is 13.1. The number of aryl methyl sites for hydroxylation is 1. The monoisotopic (exact) mass is 436 g/mol. The number of benzene rings is 3. The van der Waals surface area contributed by atoms with Crippen LogP contribution < -0.4 is 10.1 Å². The van der Waals surface area contributed by atoms with E-state index in [0.29, 0.717) is 41.4 Å². The van der Waals surface area contributed by atoms with Gasteiger partial charge in [0.05, 0.1) is 10.6 Å². The summed E-state index contributed by atoms with van der Waals surface area (Å²) < 4.78 is 33.2. The Hall–Kier alpha value is -3.16. The van der Waals surface area contributed by atoms with E-state index in [1.54, 1.807) is 37.3 Å². The number of anilines is 1. The molecule has 1 amide bonds. The van der Waals surface area contributed by atoms with Crippen LogP contribution in [0.15, 0.2) is 77.7 Å². The van der Waals surface area contributed by atoms with E-state index in [1.807, 2.05) is 36.4 Å². The van der Waals surface area contributed by atoms with Crippen molar-refractivity contribution in [1.82, 2.24) is 4.31 Å². The van der Waals surface area contributed by atoms with Gasteiger partial charge in [-0.2, -0.15) is 4.31 Å². The smallest absolute Gasteiger partial charge is 0.256 e.